The minimum absolute atomic E-state index is 0.755. The van der Waals surface area contributed by atoms with E-state index in [0.29, 0.717) is 0 Å². The predicted octanol–water partition coefficient (Wildman–Crippen LogP) is 5.25. The summed E-state index contributed by atoms with van der Waals surface area (Å²) in [5.74, 6) is 0. The molecule has 0 saturated carbocycles. The fourth-order valence-corrected chi connectivity index (χ4v) is 3.25. The van der Waals surface area contributed by atoms with Crippen LogP contribution < -0.4 is 0 Å². The molecule has 2 heterocycles. The normalized spacial score (nSPS) is 10.7. The average Bonchev–Trinajstić information content (AvgIpc) is 2.70. The highest BCUT2D eigenvalue weighted by Gasteiger charge is 2.04. The Morgan fingerprint density at radius 2 is 0.741 bits per heavy atom. The first-order valence-corrected chi connectivity index (χ1v) is 9.33. The molecule has 2 nitrogen and oxygen atoms in total. The summed E-state index contributed by atoms with van der Waals surface area (Å²) in [6.07, 6.45) is 2.47. The third-order valence-electron chi connectivity index (χ3n) is 4.55. The van der Waals surface area contributed by atoms with Crippen LogP contribution in [0, 0.1) is 0 Å². The van der Waals surface area contributed by atoms with Crippen molar-refractivity contribution in [3.63, 3.8) is 0 Å². The van der Waals surface area contributed by atoms with Crippen molar-refractivity contribution in [2.45, 2.75) is 19.3 Å². The van der Waals surface area contributed by atoms with Crippen molar-refractivity contribution in [3.8, 4) is 0 Å². The van der Waals surface area contributed by atoms with Crippen LogP contribution in [0.5, 0.6) is 0 Å². The Balaban J connectivity index is 1.47. The van der Waals surface area contributed by atoms with Crippen LogP contribution >= 0.6 is 0 Å². The summed E-state index contributed by atoms with van der Waals surface area (Å²) in [7, 11) is 0. The second kappa shape index (κ2) is 8.41. The number of aromatic nitrogens is 2. The molecule has 27 heavy (non-hydrogen) atoms. The largest absolute Gasteiger partial charge is 0.257 e. The molecule has 0 amide bonds. The number of benzene rings is 2. The minimum atomic E-state index is 0.755. The van der Waals surface area contributed by atoms with Crippen LogP contribution in [-0.4, -0.2) is 9.97 Å². The molecule has 4 rings (SSSR count). The average molecular weight is 350 g/mol. The molecule has 0 N–H and O–H groups in total. The monoisotopic (exact) mass is 350 g/mol. The van der Waals surface area contributed by atoms with E-state index in [1.54, 1.807) is 0 Å². The molecule has 0 radical (unpaired) electrons. The highest BCUT2D eigenvalue weighted by atomic mass is 14.7. The van der Waals surface area contributed by atoms with Crippen molar-refractivity contribution in [1.82, 2.24) is 9.97 Å². The number of pyridine rings is 2. The summed E-state index contributed by atoms with van der Waals surface area (Å²) >= 11 is 0. The van der Waals surface area contributed by atoms with Gasteiger partial charge in [-0.05, 0) is 35.4 Å². The van der Waals surface area contributed by atoms with Gasteiger partial charge in [-0.25, -0.2) is 0 Å². The summed E-state index contributed by atoms with van der Waals surface area (Å²) < 4.78 is 0. The lowest BCUT2D eigenvalue weighted by molar-refractivity contribution is 0.941. The molecule has 0 saturated heterocycles. The summed E-state index contributed by atoms with van der Waals surface area (Å²) in [4.78, 5) is 9.67. The van der Waals surface area contributed by atoms with Gasteiger partial charge in [0.25, 0.3) is 0 Å². The van der Waals surface area contributed by atoms with Crippen molar-refractivity contribution >= 4 is 0 Å². The van der Waals surface area contributed by atoms with E-state index < -0.39 is 0 Å². The standard InChI is InChI=1S/C25H22N2/c1-3-9-20(10-4-1)17-22-13-7-15-24(26-22)19-25-16-8-14-23(27-25)18-21-11-5-2-6-12-21/h1-16H,17-19H2. The van der Waals surface area contributed by atoms with E-state index in [2.05, 4.69) is 84.9 Å². The predicted molar refractivity (Wildman–Crippen MR) is 110 cm³/mol. The van der Waals surface area contributed by atoms with Gasteiger partial charge in [-0.15, -0.1) is 0 Å². The summed E-state index contributed by atoms with van der Waals surface area (Å²) in [6, 6.07) is 33.5. The highest BCUT2D eigenvalue weighted by Crippen LogP contribution is 2.12. The second-order valence-corrected chi connectivity index (χ2v) is 6.74. The van der Waals surface area contributed by atoms with Gasteiger partial charge in [-0.2, -0.15) is 0 Å². The SMILES string of the molecule is c1ccc(Cc2cccc(Cc3cccc(Cc4ccccc4)n3)n2)cc1. The highest BCUT2D eigenvalue weighted by molar-refractivity contribution is 5.26. The van der Waals surface area contributed by atoms with Crippen LogP contribution in [0.1, 0.15) is 33.9 Å². The first kappa shape index (κ1) is 17.2. The zero-order chi connectivity index (χ0) is 18.3. The lowest BCUT2D eigenvalue weighted by Crippen LogP contribution is -2.01. The third-order valence-corrected chi connectivity index (χ3v) is 4.55. The quantitative estimate of drug-likeness (QED) is 0.475. The van der Waals surface area contributed by atoms with Gasteiger partial charge in [0, 0.05) is 42.0 Å². The second-order valence-electron chi connectivity index (χ2n) is 6.74. The van der Waals surface area contributed by atoms with Crippen molar-refractivity contribution in [1.29, 1.82) is 0 Å². The molecule has 2 aromatic heterocycles. The van der Waals surface area contributed by atoms with Gasteiger partial charge in [0.15, 0.2) is 0 Å². The molecule has 0 aliphatic heterocycles. The van der Waals surface area contributed by atoms with Gasteiger partial charge in [-0.3, -0.25) is 9.97 Å². The molecule has 0 aliphatic carbocycles. The van der Waals surface area contributed by atoms with Crippen LogP contribution in [0.4, 0.5) is 0 Å². The van der Waals surface area contributed by atoms with Crippen molar-refractivity contribution in [2.24, 2.45) is 0 Å². The van der Waals surface area contributed by atoms with E-state index in [9.17, 15) is 0 Å². The molecule has 2 heteroatoms. The summed E-state index contributed by atoms with van der Waals surface area (Å²) in [6.45, 7) is 0. The smallest absolute Gasteiger partial charge is 0.0466 e. The van der Waals surface area contributed by atoms with Crippen molar-refractivity contribution in [3.05, 3.63) is 131 Å². The van der Waals surface area contributed by atoms with Crippen LogP contribution in [0.2, 0.25) is 0 Å². The van der Waals surface area contributed by atoms with E-state index in [4.69, 9.17) is 9.97 Å². The Bertz CT molecular complexity index is 912. The molecule has 0 aliphatic rings. The molecular weight excluding hydrogens is 328 g/mol. The van der Waals surface area contributed by atoms with Crippen LogP contribution in [0.15, 0.2) is 97.1 Å². The first-order chi connectivity index (χ1) is 13.3. The Labute approximate surface area is 160 Å². The lowest BCUT2D eigenvalue weighted by atomic mass is 10.1. The Morgan fingerprint density at radius 1 is 0.370 bits per heavy atom. The van der Waals surface area contributed by atoms with Crippen LogP contribution in [0.3, 0.4) is 0 Å². The van der Waals surface area contributed by atoms with Gasteiger partial charge in [0.05, 0.1) is 0 Å². The zero-order valence-corrected chi connectivity index (χ0v) is 15.3. The molecule has 4 aromatic rings. The number of hydrogen-bond donors (Lipinski definition) is 0. The summed E-state index contributed by atoms with van der Waals surface area (Å²) in [5.41, 5.74) is 6.88. The first-order valence-electron chi connectivity index (χ1n) is 9.33. The molecule has 0 unspecified atom stereocenters. The van der Waals surface area contributed by atoms with Gasteiger partial charge < -0.3 is 0 Å². The van der Waals surface area contributed by atoms with E-state index in [-0.39, 0.29) is 0 Å². The third kappa shape index (κ3) is 4.89. The fourth-order valence-electron chi connectivity index (χ4n) is 3.25. The molecule has 0 bridgehead atoms. The Morgan fingerprint density at radius 3 is 1.15 bits per heavy atom. The molecule has 0 spiro atoms. The number of hydrogen-bond acceptors (Lipinski definition) is 2. The van der Waals surface area contributed by atoms with Crippen molar-refractivity contribution < 1.29 is 0 Å². The summed E-state index contributed by atoms with van der Waals surface area (Å²) in [5, 5.41) is 0. The van der Waals surface area contributed by atoms with Crippen LogP contribution in [-0.2, 0) is 19.3 Å². The maximum atomic E-state index is 4.84. The molecule has 2 aromatic carbocycles. The van der Waals surface area contributed by atoms with E-state index in [1.807, 2.05) is 12.1 Å². The zero-order valence-electron chi connectivity index (χ0n) is 15.3. The minimum Gasteiger partial charge on any atom is -0.257 e. The van der Waals surface area contributed by atoms with Crippen LogP contribution in [0.25, 0.3) is 0 Å². The van der Waals surface area contributed by atoms with Crippen molar-refractivity contribution in [2.75, 3.05) is 0 Å². The van der Waals surface area contributed by atoms with Gasteiger partial charge in [-0.1, -0.05) is 72.8 Å². The molecule has 0 fully saturated rings. The van der Waals surface area contributed by atoms with E-state index in [0.717, 1.165) is 42.0 Å². The number of nitrogens with zero attached hydrogens (tertiary/aromatic N) is 2. The molecule has 132 valence electrons. The maximum absolute atomic E-state index is 4.84. The Hall–Kier alpha value is -3.26. The van der Waals surface area contributed by atoms with Gasteiger partial charge in [0.2, 0.25) is 0 Å². The lowest BCUT2D eigenvalue weighted by Gasteiger charge is -2.07. The number of rotatable bonds is 6. The fraction of sp³-hybridized carbons (Fsp3) is 0.120. The Kier molecular flexibility index (Phi) is 5.35. The van der Waals surface area contributed by atoms with E-state index >= 15 is 0 Å². The molecule has 0 atom stereocenters. The molecular formula is C25H22N2. The van der Waals surface area contributed by atoms with E-state index in [1.165, 1.54) is 11.1 Å². The maximum Gasteiger partial charge on any atom is 0.0466 e. The van der Waals surface area contributed by atoms with Gasteiger partial charge in [0.1, 0.15) is 0 Å². The van der Waals surface area contributed by atoms with Gasteiger partial charge >= 0.3 is 0 Å². The topological polar surface area (TPSA) is 25.8 Å².